The van der Waals surface area contributed by atoms with E-state index in [1.54, 1.807) is 7.11 Å². The lowest BCUT2D eigenvalue weighted by Gasteiger charge is -2.08. The number of sulfone groups is 1. The van der Waals surface area contributed by atoms with Crippen molar-refractivity contribution in [2.24, 2.45) is 0 Å². The molecule has 0 radical (unpaired) electrons. The van der Waals surface area contributed by atoms with E-state index in [9.17, 15) is 13.2 Å². The fourth-order valence-electron chi connectivity index (χ4n) is 2.34. The van der Waals surface area contributed by atoms with Gasteiger partial charge < -0.3 is 10.1 Å². The summed E-state index contributed by atoms with van der Waals surface area (Å²) < 4.78 is 27.8. The first kappa shape index (κ1) is 16.7. The molecule has 126 valence electrons. The van der Waals surface area contributed by atoms with Crippen molar-refractivity contribution >= 4 is 27.1 Å². The molecule has 0 spiro atoms. The van der Waals surface area contributed by atoms with Crippen molar-refractivity contribution in [2.45, 2.75) is 12.5 Å². The van der Waals surface area contributed by atoms with Crippen LogP contribution in [0.1, 0.15) is 5.69 Å². The highest BCUT2D eigenvalue weighted by atomic mass is 32.2. The van der Waals surface area contributed by atoms with E-state index < -0.39 is 15.9 Å². The molecule has 1 aliphatic rings. The molecule has 1 aliphatic heterocycles. The molecule has 1 unspecified atom stereocenters. The SMILES string of the molecule is COc1ccc(-c2nc(CC(=O)NC3C=CS(=O)(=O)C3)cs2)cc1. The monoisotopic (exact) mass is 364 g/mol. The number of hydrogen-bond donors (Lipinski definition) is 1. The second kappa shape index (κ2) is 6.74. The van der Waals surface area contributed by atoms with Gasteiger partial charge in [-0.2, -0.15) is 0 Å². The topological polar surface area (TPSA) is 85.4 Å². The Hall–Kier alpha value is -2.19. The third-order valence-electron chi connectivity index (χ3n) is 3.51. The Labute approximate surface area is 144 Å². The molecule has 1 atom stereocenters. The number of thiazole rings is 1. The average molecular weight is 364 g/mol. The van der Waals surface area contributed by atoms with Crippen LogP contribution in [0.3, 0.4) is 0 Å². The van der Waals surface area contributed by atoms with E-state index in [0.717, 1.165) is 21.7 Å². The molecular weight excluding hydrogens is 348 g/mol. The predicted octanol–water partition coefficient (Wildman–Crippen LogP) is 1.79. The van der Waals surface area contributed by atoms with Gasteiger partial charge >= 0.3 is 0 Å². The number of carbonyl (C=O) groups is 1. The summed E-state index contributed by atoms with van der Waals surface area (Å²) in [6.45, 7) is 0. The maximum Gasteiger partial charge on any atom is 0.226 e. The van der Waals surface area contributed by atoms with Gasteiger partial charge in [0.2, 0.25) is 5.91 Å². The minimum absolute atomic E-state index is 0.0765. The fourth-order valence-corrected chi connectivity index (χ4v) is 4.40. The van der Waals surface area contributed by atoms with Gasteiger partial charge in [-0.05, 0) is 30.3 Å². The van der Waals surface area contributed by atoms with Crippen LogP contribution in [-0.4, -0.2) is 38.2 Å². The molecule has 2 heterocycles. The van der Waals surface area contributed by atoms with Crippen LogP contribution in [0.25, 0.3) is 10.6 Å². The molecular formula is C16H16N2O4S2. The summed E-state index contributed by atoms with van der Waals surface area (Å²) in [6, 6.07) is 7.08. The number of rotatable bonds is 5. The van der Waals surface area contributed by atoms with Crippen molar-refractivity contribution in [3.8, 4) is 16.3 Å². The highest BCUT2D eigenvalue weighted by Crippen LogP contribution is 2.25. The summed E-state index contributed by atoms with van der Waals surface area (Å²) in [7, 11) is -1.56. The van der Waals surface area contributed by atoms with Crippen molar-refractivity contribution < 1.29 is 17.9 Å². The molecule has 0 saturated carbocycles. The van der Waals surface area contributed by atoms with Gasteiger partial charge in [-0.1, -0.05) is 0 Å². The fraction of sp³-hybridized carbons (Fsp3) is 0.250. The second-order valence-corrected chi connectivity index (χ2v) is 8.17. The summed E-state index contributed by atoms with van der Waals surface area (Å²) in [5, 5.41) is 6.49. The summed E-state index contributed by atoms with van der Waals surface area (Å²) in [5.41, 5.74) is 1.62. The maximum absolute atomic E-state index is 12.0. The summed E-state index contributed by atoms with van der Waals surface area (Å²) >= 11 is 1.46. The molecule has 1 amide bonds. The molecule has 0 fully saturated rings. The number of nitrogens with one attached hydrogen (secondary N) is 1. The lowest BCUT2D eigenvalue weighted by Crippen LogP contribution is -2.36. The van der Waals surface area contributed by atoms with Crippen LogP contribution in [0.4, 0.5) is 0 Å². The Morgan fingerprint density at radius 3 is 2.75 bits per heavy atom. The molecule has 0 aliphatic carbocycles. The molecule has 8 heteroatoms. The van der Waals surface area contributed by atoms with Gasteiger partial charge in [-0.25, -0.2) is 13.4 Å². The van der Waals surface area contributed by atoms with Crippen molar-refractivity contribution in [2.75, 3.05) is 12.9 Å². The average Bonchev–Trinajstić information content (AvgIpc) is 3.14. The number of benzene rings is 1. The lowest BCUT2D eigenvalue weighted by atomic mass is 10.2. The van der Waals surface area contributed by atoms with Crippen molar-refractivity contribution in [1.29, 1.82) is 0 Å². The van der Waals surface area contributed by atoms with Crippen LogP contribution in [0.15, 0.2) is 41.1 Å². The van der Waals surface area contributed by atoms with E-state index in [2.05, 4.69) is 10.3 Å². The Bertz CT molecular complexity index is 870. The van der Waals surface area contributed by atoms with Gasteiger partial charge in [0, 0.05) is 16.4 Å². The summed E-state index contributed by atoms with van der Waals surface area (Å²) in [6.07, 6.45) is 1.62. The van der Waals surface area contributed by atoms with E-state index in [-0.39, 0.29) is 18.1 Å². The summed E-state index contributed by atoms with van der Waals surface area (Å²) in [5.74, 6) is 0.454. The van der Waals surface area contributed by atoms with E-state index in [1.165, 1.54) is 17.4 Å². The van der Waals surface area contributed by atoms with Crippen LogP contribution >= 0.6 is 11.3 Å². The molecule has 1 aromatic heterocycles. The number of methoxy groups -OCH3 is 1. The van der Waals surface area contributed by atoms with Gasteiger partial charge in [0.25, 0.3) is 0 Å². The van der Waals surface area contributed by atoms with Crippen LogP contribution < -0.4 is 10.1 Å². The first-order valence-corrected chi connectivity index (χ1v) is 9.84. The zero-order chi connectivity index (χ0) is 17.2. The zero-order valence-corrected chi connectivity index (χ0v) is 14.6. The molecule has 24 heavy (non-hydrogen) atoms. The van der Waals surface area contributed by atoms with Gasteiger partial charge in [0.1, 0.15) is 10.8 Å². The van der Waals surface area contributed by atoms with Crippen molar-refractivity contribution in [3.05, 3.63) is 46.8 Å². The Morgan fingerprint density at radius 2 is 2.12 bits per heavy atom. The highest BCUT2D eigenvalue weighted by Gasteiger charge is 2.23. The second-order valence-electron chi connectivity index (χ2n) is 5.38. The minimum atomic E-state index is -3.17. The van der Waals surface area contributed by atoms with Crippen LogP contribution in [0, 0.1) is 0 Å². The van der Waals surface area contributed by atoms with Gasteiger partial charge in [0.05, 0.1) is 31.0 Å². The smallest absolute Gasteiger partial charge is 0.226 e. The standard InChI is InChI=1S/C16H16N2O4S2/c1-22-14-4-2-11(3-5-14)16-18-13(9-23-16)8-15(19)17-12-6-7-24(20,21)10-12/h2-7,9,12H,8,10H2,1H3,(H,17,19). The zero-order valence-electron chi connectivity index (χ0n) is 12.9. The number of aromatic nitrogens is 1. The minimum Gasteiger partial charge on any atom is -0.497 e. The normalized spacial score (nSPS) is 18.5. The van der Waals surface area contributed by atoms with Gasteiger partial charge in [-0.15, -0.1) is 11.3 Å². The Balaban J connectivity index is 1.61. The number of hydrogen-bond acceptors (Lipinski definition) is 6. The highest BCUT2D eigenvalue weighted by molar-refractivity contribution is 7.94. The van der Waals surface area contributed by atoms with E-state index >= 15 is 0 Å². The number of carbonyl (C=O) groups excluding carboxylic acids is 1. The summed E-state index contributed by atoms with van der Waals surface area (Å²) in [4.78, 5) is 16.5. The van der Waals surface area contributed by atoms with Crippen LogP contribution in [0.5, 0.6) is 5.75 Å². The molecule has 0 bridgehead atoms. The maximum atomic E-state index is 12.0. The van der Waals surface area contributed by atoms with Crippen molar-refractivity contribution in [1.82, 2.24) is 10.3 Å². The molecule has 6 nitrogen and oxygen atoms in total. The predicted molar refractivity (Wildman–Crippen MR) is 92.7 cm³/mol. The third kappa shape index (κ3) is 4.01. The van der Waals surface area contributed by atoms with E-state index in [4.69, 9.17) is 4.74 Å². The number of nitrogens with zero attached hydrogens (tertiary/aromatic N) is 1. The Morgan fingerprint density at radius 1 is 1.38 bits per heavy atom. The Kier molecular flexibility index (Phi) is 4.68. The molecule has 0 saturated heterocycles. The lowest BCUT2D eigenvalue weighted by molar-refractivity contribution is -0.120. The number of amides is 1. The van der Waals surface area contributed by atoms with Crippen LogP contribution in [0.2, 0.25) is 0 Å². The molecule has 1 N–H and O–H groups in total. The van der Waals surface area contributed by atoms with Crippen molar-refractivity contribution in [3.63, 3.8) is 0 Å². The molecule has 2 aromatic rings. The quantitative estimate of drug-likeness (QED) is 0.874. The van der Waals surface area contributed by atoms with Crippen LogP contribution in [-0.2, 0) is 21.1 Å². The van der Waals surface area contributed by atoms with E-state index in [0.29, 0.717) is 5.69 Å². The molecule has 1 aromatic carbocycles. The number of ether oxygens (including phenoxy) is 1. The van der Waals surface area contributed by atoms with Gasteiger partial charge in [0.15, 0.2) is 9.84 Å². The molecule has 3 rings (SSSR count). The first-order valence-electron chi connectivity index (χ1n) is 7.24. The van der Waals surface area contributed by atoms with E-state index in [1.807, 2.05) is 29.6 Å². The third-order valence-corrected chi connectivity index (χ3v) is 5.84. The van der Waals surface area contributed by atoms with Gasteiger partial charge in [-0.3, -0.25) is 4.79 Å². The largest absolute Gasteiger partial charge is 0.497 e. The first-order chi connectivity index (χ1) is 11.4.